The van der Waals surface area contributed by atoms with Gasteiger partial charge in [0.2, 0.25) is 0 Å². The van der Waals surface area contributed by atoms with Crippen LogP contribution in [0, 0.1) is 6.92 Å². The highest BCUT2D eigenvalue weighted by Gasteiger charge is 2.48. The van der Waals surface area contributed by atoms with Crippen LogP contribution in [0.15, 0.2) is 24.3 Å². The van der Waals surface area contributed by atoms with Gasteiger partial charge in [-0.05, 0) is 12.5 Å². The Kier molecular flexibility index (Phi) is 3.21. The van der Waals surface area contributed by atoms with Gasteiger partial charge in [0, 0.05) is 13.4 Å². The monoisotopic (exact) mass is 237 g/mol. The summed E-state index contributed by atoms with van der Waals surface area (Å²) in [5.74, 6) is 0.0570. The van der Waals surface area contributed by atoms with E-state index in [1.807, 2.05) is 18.4 Å². The van der Waals surface area contributed by atoms with E-state index < -0.39 is 0 Å². The Morgan fingerprint density at radius 2 is 2.19 bits per heavy atom. The minimum Gasteiger partial charge on any atom is -0.369 e. The van der Waals surface area contributed by atoms with Gasteiger partial charge in [0.15, 0.2) is 6.10 Å². The van der Waals surface area contributed by atoms with Crippen LogP contribution in [-0.4, -0.2) is 29.7 Å². The van der Waals surface area contributed by atoms with Crippen LogP contribution in [0.2, 0.25) is 0 Å². The van der Waals surface area contributed by atoms with Crippen molar-refractivity contribution in [3.05, 3.63) is 35.4 Å². The molecule has 1 aliphatic heterocycles. The van der Waals surface area contributed by atoms with Crippen molar-refractivity contribution in [1.82, 2.24) is 4.31 Å². The molecule has 2 atom stereocenters. The smallest absolute Gasteiger partial charge is 0.264 e. The van der Waals surface area contributed by atoms with E-state index in [9.17, 15) is 4.79 Å². The van der Waals surface area contributed by atoms with Crippen LogP contribution in [0.5, 0.6) is 0 Å². The van der Waals surface area contributed by atoms with E-state index in [2.05, 4.69) is 19.1 Å². The predicted molar refractivity (Wildman–Crippen MR) is 65.1 cm³/mol. The van der Waals surface area contributed by atoms with Crippen molar-refractivity contribution in [2.24, 2.45) is 0 Å². The molecule has 1 aromatic carbocycles. The van der Waals surface area contributed by atoms with Crippen molar-refractivity contribution < 1.29 is 9.53 Å². The first-order valence-corrected chi connectivity index (χ1v) is 6.33. The standard InChI is InChI=1S/C12H15NO2S/c1-8-5-4-6-9(7-8)10-11(15-2)12(14)13(10)16-3/h4-7,10-11H,1-3H3/t10-,11+/m0/s1. The summed E-state index contributed by atoms with van der Waals surface area (Å²) in [7, 11) is 1.59. The SMILES string of the molecule is CO[C@H]1C(=O)N(SC)[C@H]1c1cccc(C)c1. The van der Waals surface area contributed by atoms with Crippen LogP contribution >= 0.6 is 11.9 Å². The van der Waals surface area contributed by atoms with Crippen molar-refractivity contribution >= 4 is 17.9 Å². The van der Waals surface area contributed by atoms with E-state index >= 15 is 0 Å². The first-order valence-electron chi connectivity index (χ1n) is 5.15. The van der Waals surface area contributed by atoms with E-state index in [4.69, 9.17) is 4.74 Å². The third kappa shape index (κ3) is 1.72. The van der Waals surface area contributed by atoms with Crippen LogP contribution in [0.25, 0.3) is 0 Å². The number of aryl methyl sites for hydroxylation is 1. The van der Waals surface area contributed by atoms with E-state index in [0.717, 1.165) is 5.56 Å². The van der Waals surface area contributed by atoms with E-state index in [1.165, 1.54) is 17.5 Å². The fraction of sp³-hybridized carbons (Fsp3) is 0.417. The number of methoxy groups -OCH3 is 1. The van der Waals surface area contributed by atoms with Gasteiger partial charge in [-0.25, -0.2) is 0 Å². The Hall–Kier alpha value is -1.00. The van der Waals surface area contributed by atoms with Gasteiger partial charge >= 0.3 is 0 Å². The molecule has 1 fully saturated rings. The molecule has 0 N–H and O–H groups in total. The Bertz CT molecular complexity index is 394. The summed E-state index contributed by atoms with van der Waals surface area (Å²) < 4.78 is 7.00. The third-order valence-electron chi connectivity index (χ3n) is 2.83. The first kappa shape index (κ1) is 11.5. The third-order valence-corrected chi connectivity index (χ3v) is 3.63. The van der Waals surface area contributed by atoms with Crippen molar-refractivity contribution in [2.45, 2.75) is 19.1 Å². The van der Waals surface area contributed by atoms with Gasteiger partial charge < -0.3 is 4.74 Å². The molecule has 0 saturated carbocycles. The molecule has 1 amide bonds. The van der Waals surface area contributed by atoms with E-state index in [-0.39, 0.29) is 18.1 Å². The number of nitrogens with zero attached hydrogens (tertiary/aromatic N) is 1. The zero-order chi connectivity index (χ0) is 11.7. The molecule has 2 rings (SSSR count). The van der Waals surface area contributed by atoms with Crippen LogP contribution in [0.3, 0.4) is 0 Å². The fourth-order valence-corrected chi connectivity index (χ4v) is 2.78. The molecule has 1 saturated heterocycles. The minimum absolute atomic E-state index is 0.0485. The summed E-state index contributed by atoms with van der Waals surface area (Å²) in [5, 5.41) is 0. The van der Waals surface area contributed by atoms with Crippen molar-refractivity contribution in [2.75, 3.05) is 13.4 Å². The van der Waals surface area contributed by atoms with Gasteiger partial charge in [-0.15, -0.1) is 0 Å². The first-order chi connectivity index (χ1) is 7.69. The number of hydrogen-bond acceptors (Lipinski definition) is 3. The molecule has 0 spiro atoms. The molecule has 0 aromatic heterocycles. The Morgan fingerprint density at radius 3 is 2.75 bits per heavy atom. The van der Waals surface area contributed by atoms with Gasteiger partial charge in [0.1, 0.15) is 6.04 Å². The number of benzene rings is 1. The average Bonchev–Trinajstić information content (AvgIpc) is 2.27. The molecule has 0 bridgehead atoms. The zero-order valence-electron chi connectivity index (χ0n) is 9.64. The summed E-state index contributed by atoms with van der Waals surface area (Å²) in [5.41, 5.74) is 2.34. The van der Waals surface area contributed by atoms with Crippen molar-refractivity contribution in [3.63, 3.8) is 0 Å². The summed E-state index contributed by atoms with van der Waals surface area (Å²) in [6.07, 6.45) is 1.58. The second-order valence-electron chi connectivity index (χ2n) is 3.86. The minimum atomic E-state index is -0.325. The molecule has 0 aliphatic carbocycles. The summed E-state index contributed by atoms with van der Waals surface area (Å²) in [4.78, 5) is 11.7. The normalized spacial score (nSPS) is 24.4. The second-order valence-corrected chi connectivity index (χ2v) is 4.62. The molecule has 0 unspecified atom stereocenters. The highest BCUT2D eigenvalue weighted by atomic mass is 32.2. The molecule has 0 radical (unpaired) electrons. The lowest BCUT2D eigenvalue weighted by molar-refractivity contribution is -0.158. The maximum Gasteiger partial charge on any atom is 0.264 e. The molecule has 1 heterocycles. The molecular formula is C12H15NO2S. The van der Waals surface area contributed by atoms with Crippen LogP contribution < -0.4 is 0 Å². The van der Waals surface area contributed by atoms with Crippen LogP contribution in [0.1, 0.15) is 17.2 Å². The number of hydrogen-bond donors (Lipinski definition) is 0. The van der Waals surface area contributed by atoms with Gasteiger partial charge in [-0.2, -0.15) is 0 Å². The van der Waals surface area contributed by atoms with Crippen LogP contribution in [-0.2, 0) is 9.53 Å². The summed E-state index contributed by atoms with van der Waals surface area (Å²) >= 11 is 1.45. The zero-order valence-corrected chi connectivity index (χ0v) is 10.5. The van der Waals surface area contributed by atoms with Gasteiger partial charge in [0.05, 0.1) is 0 Å². The maximum absolute atomic E-state index is 11.7. The van der Waals surface area contributed by atoms with Crippen molar-refractivity contribution in [1.29, 1.82) is 0 Å². The molecule has 86 valence electrons. The lowest BCUT2D eigenvalue weighted by atomic mass is 9.93. The number of β-lactam (4-membered cyclic amide) rings is 1. The van der Waals surface area contributed by atoms with Gasteiger partial charge in [-0.1, -0.05) is 41.8 Å². The number of ether oxygens (including phenoxy) is 1. The number of carbonyl (C=O) groups is 1. The summed E-state index contributed by atoms with van der Waals surface area (Å²) in [6, 6.07) is 8.26. The Morgan fingerprint density at radius 1 is 1.44 bits per heavy atom. The van der Waals surface area contributed by atoms with E-state index in [0.29, 0.717) is 0 Å². The Balaban J connectivity index is 2.28. The average molecular weight is 237 g/mol. The predicted octanol–water partition coefficient (Wildman–Crippen LogP) is 2.17. The number of amides is 1. The highest BCUT2D eigenvalue weighted by Crippen LogP contribution is 2.40. The molecule has 4 heteroatoms. The number of rotatable bonds is 3. The topological polar surface area (TPSA) is 29.5 Å². The highest BCUT2D eigenvalue weighted by molar-refractivity contribution is 7.96. The molecule has 1 aliphatic rings. The Labute approximate surface area is 99.9 Å². The largest absolute Gasteiger partial charge is 0.369 e. The van der Waals surface area contributed by atoms with Crippen molar-refractivity contribution in [3.8, 4) is 0 Å². The quantitative estimate of drug-likeness (QED) is 0.596. The van der Waals surface area contributed by atoms with E-state index in [1.54, 1.807) is 11.4 Å². The van der Waals surface area contributed by atoms with Gasteiger partial charge in [0.25, 0.3) is 5.91 Å². The van der Waals surface area contributed by atoms with Crippen LogP contribution in [0.4, 0.5) is 0 Å². The molecule has 3 nitrogen and oxygen atoms in total. The molecule has 16 heavy (non-hydrogen) atoms. The molecule has 1 aromatic rings. The number of carbonyl (C=O) groups excluding carboxylic acids is 1. The van der Waals surface area contributed by atoms with Gasteiger partial charge in [-0.3, -0.25) is 9.10 Å². The lowest BCUT2D eigenvalue weighted by Crippen LogP contribution is -2.56. The second kappa shape index (κ2) is 4.47. The lowest BCUT2D eigenvalue weighted by Gasteiger charge is -2.44. The maximum atomic E-state index is 11.7. The fourth-order valence-electron chi connectivity index (χ4n) is 2.04. The molecular weight excluding hydrogens is 222 g/mol. The summed E-state index contributed by atoms with van der Waals surface area (Å²) in [6.45, 7) is 2.05.